The number of hydrogen-bond donors (Lipinski definition) is 1. The molecular weight excluding hydrogens is 418 g/mol. The summed E-state index contributed by atoms with van der Waals surface area (Å²) in [5.74, 6) is 1.62. The van der Waals surface area contributed by atoms with Crippen LogP contribution in [-0.4, -0.2) is 23.5 Å². The number of aryl methyl sites for hydroxylation is 1. The summed E-state index contributed by atoms with van der Waals surface area (Å²) in [5, 5.41) is 0. The van der Waals surface area contributed by atoms with E-state index in [9.17, 15) is 4.55 Å². The van der Waals surface area contributed by atoms with Gasteiger partial charge in [0.05, 0.1) is 14.2 Å². The first-order valence-electron chi connectivity index (χ1n) is 10.8. The van der Waals surface area contributed by atoms with Crippen LogP contribution >= 0.6 is 0 Å². The maximum atomic E-state index is 13.1. The molecule has 4 nitrogen and oxygen atoms in total. The van der Waals surface area contributed by atoms with Gasteiger partial charge in [0.2, 0.25) is 0 Å². The van der Waals surface area contributed by atoms with Crippen molar-refractivity contribution in [1.29, 1.82) is 0 Å². The Hall–Kier alpha value is -2.47. The Kier molecular flexibility index (Phi) is 7.88. The second kappa shape index (κ2) is 10.4. The van der Waals surface area contributed by atoms with Crippen LogP contribution in [0.2, 0.25) is 0 Å². The number of hydrogen-bond acceptors (Lipinski definition) is 4. The van der Waals surface area contributed by atoms with Crippen molar-refractivity contribution < 1.29 is 14.0 Å². The van der Waals surface area contributed by atoms with Crippen molar-refractivity contribution in [2.45, 2.75) is 44.9 Å². The van der Waals surface area contributed by atoms with E-state index in [-0.39, 0.29) is 6.04 Å². The van der Waals surface area contributed by atoms with E-state index in [2.05, 4.69) is 60.2 Å². The number of nitrogens with one attached hydrogen (secondary N) is 1. The Morgan fingerprint density at radius 1 is 0.875 bits per heavy atom. The Bertz CT molecular complexity index is 1010. The van der Waals surface area contributed by atoms with Gasteiger partial charge in [-0.05, 0) is 75.1 Å². The van der Waals surface area contributed by atoms with Gasteiger partial charge in [-0.1, -0.05) is 48.0 Å². The van der Waals surface area contributed by atoms with E-state index >= 15 is 0 Å². The Labute approximate surface area is 195 Å². The van der Waals surface area contributed by atoms with Gasteiger partial charge in [-0.15, -0.1) is 4.72 Å². The molecule has 0 aliphatic heterocycles. The van der Waals surface area contributed by atoms with Gasteiger partial charge >= 0.3 is 0 Å². The van der Waals surface area contributed by atoms with E-state index in [4.69, 9.17) is 9.47 Å². The maximum Gasteiger partial charge on any atom is 0.136 e. The molecule has 0 radical (unpaired) electrons. The molecule has 0 bridgehead atoms. The second-order valence-electron chi connectivity index (χ2n) is 8.94. The van der Waals surface area contributed by atoms with Gasteiger partial charge in [0.1, 0.15) is 22.3 Å². The first kappa shape index (κ1) is 24.2. The summed E-state index contributed by atoms with van der Waals surface area (Å²) >= 11 is -1.25. The summed E-state index contributed by atoms with van der Waals surface area (Å²) in [6.07, 6.45) is 0.782. The summed E-state index contributed by atoms with van der Waals surface area (Å²) in [6.45, 7) is 7.98. The van der Waals surface area contributed by atoms with E-state index in [0.717, 1.165) is 34.6 Å². The third-order valence-corrected chi connectivity index (χ3v) is 6.93. The molecule has 0 heterocycles. The molecule has 170 valence electrons. The van der Waals surface area contributed by atoms with Gasteiger partial charge in [0.25, 0.3) is 0 Å². The average Bonchev–Trinajstić information content (AvgIpc) is 2.78. The summed E-state index contributed by atoms with van der Waals surface area (Å²) in [4.78, 5) is 0. The van der Waals surface area contributed by atoms with Crippen molar-refractivity contribution in [2.75, 3.05) is 14.2 Å². The van der Waals surface area contributed by atoms with Crippen LogP contribution in [0.3, 0.4) is 0 Å². The van der Waals surface area contributed by atoms with Crippen molar-refractivity contribution in [1.82, 2.24) is 4.72 Å². The van der Waals surface area contributed by atoms with Crippen molar-refractivity contribution in [2.24, 2.45) is 0 Å². The first-order chi connectivity index (χ1) is 15.2. The predicted molar refractivity (Wildman–Crippen MR) is 133 cm³/mol. The lowest BCUT2D eigenvalue weighted by Crippen LogP contribution is -2.41. The largest absolute Gasteiger partial charge is 0.598 e. The van der Waals surface area contributed by atoms with E-state index in [0.29, 0.717) is 0 Å². The molecule has 0 saturated heterocycles. The molecule has 1 N–H and O–H groups in total. The van der Waals surface area contributed by atoms with Crippen LogP contribution in [-0.2, 0) is 17.8 Å². The van der Waals surface area contributed by atoms with Gasteiger partial charge in [-0.3, -0.25) is 0 Å². The average molecular weight is 452 g/mol. The summed E-state index contributed by atoms with van der Waals surface area (Å²) in [5.41, 5.74) is 5.56. The third-order valence-electron chi connectivity index (χ3n) is 5.36. The van der Waals surface area contributed by atoms with Crippen LogP contribution in [0.25, 0.3) is 0 Å². The lowest BCUT2D eigenvalue weighted by atomic mass is 9.94. The normalized spacial score (nSPS) is 13.5. The Balaban J connectivity index is 2.00. The van der Waals surface area contributed by atoms with Crippen LogP contribution in [0.5, 0.6) is 11.5 Å². The lowest BCUT2D eigenvalue weighted by Gasteiger charge is -2.29. The van der Waals surface area contributed by atoms with Gasteiger partial charge in [-0.25, -0.2) is 0 Å². The van der Waals surface area contributed by atoms with Crippen molar-refractivity contribution in [3.8, 4) is 11.5 Å². The zero-order valence-corrected chi connectivity index (χ0v) is 20.6. The quantitative estimate of drug-likeness (QED) is 0.444. The Morgan fingerprint density at radius 2 is 1.50 bits per heavy atom. The monoisotopic (exact) mass is 451 g/mol. The fraction of sp³-hybridized carbons (Fsp3) is 0.333. The van der Waals surface area contributed by atoms with Gasteiger partial charge < -0.3 is 14.0 Å². The number of rotatable bonds is 8. The fourth-order valence-electron chi connectivity index (χ4n) is 3.45. The first-order valence-corrected chi connectivity index (χ1v) is 11.9. The van der Waals surface area contributed by atoms with Crippen LogP contribution in [0.1, 0.15) is 54.6 Å². The number of ether oxygens (including phenoxy) is 2. The van der Waals surface area contributed by atoms with E-state index in [1.165, 1.54) is 11.1 Å². The standard InChI is InChI=1S/C27H33NO3S/c1-19-7-12-22(13-8-19)26(28-32(29)27(2,3)4)24-18-21(11-16-25(24)31-6)17-20-9-14-23(30-5)15-10-20/h7-16,18,26,28H,17H2,1-6H3/t26-,32?/m1/s1. The van der Waals surface area contributed by atoms with Crippen LogP contribution < -0.4 is 14.2 Å². The molecule has 2 atom stereocenters. The molecule has 0 spiro atoms. The van der Waals surface area contributed by atoms with E-state index < -0.39 is 16.1 Å². The molecule has 0 amide bonds. The summed E-state index contributed by atoms with van der Waals surface area (Å²) in [7, 11) is 3.35. The predicted octanol–water partition coefficient (Wildman–Crippen LogP) is 5.74. The van der Waals surface area contributed by atoms with Crippen molar-refractivity contribution in [3.05, 3.63) is 94.5 Å². The minimum atomic E-state index is -1.25. The smallest absolute Gasteiger partial charge is 0.136 e. The molecule has 0 aromatic heterocycles. The van der Waals surface area contributed by atoms with Crippen LogP contribution in [0.15, 0.2) is 66.7 Å². The third kappa shape index (κ3) is 6.06. The Morgan fingerprint density at radius 3 is 2.06 bits per heavy atom. The minimum Gasteiger partial charge on any atom is -0.598 e. The van der Waals surface area contributed by atoms with E-state index in [1.807, 2.05) is 39.0 Å². The zero-order valence-electron chi connectivity index (χ0n) is 19.8. The van der Waals surface area contributed by atoms with Crippen molar-refractivity contribution >= 4 is 11.4 Å². The molecule has 0 saturated carbocycles. The van der Waals surface area contributed by atoms with Gasteiger partial charge in [-0.2, -0.15) is 0 Å². The molecule has 0 aliphatic carbocycles. The highest BCUT2D eigenvalue weighted by atomic mass is 32.2. The molecule has 1 unspecified atom stereocenters. The molecule has 3 aromatic rings. The fourth-order valence-corrected chi connectivity index (χ4v) is 4.28. The molecule has 3 aromatic carbocycles. The molecular formula is C27H33NO3S. The topological polar surface area (TPSA) is 53.5 Å². The zero-order chi connectivity index (χ0) is 23.3. The summed E-state index contributed by atoms with van der Waals surface area (Å²) in [6, 6.07) is 22.4. The van der Waals surface area contributed by atoms with Crippen LogP contribution in [0, 0.1) is 6.92 Å². The number of benzene rings is 3. The van der Waals surface area contributed by atoms with E-state index in [1.54, 1.807) is 14.2 Å². The second-order valence-corrected chi connectivity index (χ2v) is 10.9. The molecule has 0 fully saturated rings. The highest BCUT2D eigenvalue weighted by molar-refractivity contribution is 7.90. The maximum absolute atomic E-state index is 13.1. The number of methoxy groups -OCH3 is 2. The lowest BCUT2D eigenvalue weighted by molar-refractivity contribution is 0.406. The molecule has 32 heavy (non-hydrogen) atoms. The van der Waals surface area contributed by atoms with Gasteiger partial charge in [0, 0.05) is 16.9 Å². The van der Waals surface area contributed by atoms with Crippen molar-refractivity contribution in [3.63, 3.8) is 0 Å². The summed E-state index contributed by atoms with van der Waals surface area (Å²) < 4.78 is 27.0. The van der Waals surface area contributed by atoms with Crippen LogP contribution in [0.4, 0.5) is 0 Å². The highest BCUT2D eigenvalue weighted by Crippen LogP contribution is 2.34. The molecule has 0 aliphatic rings. The molecule has 5 heteroatoms. The highest BCUT2D eigenvalue weighted by Gasteiger charge is 2.32. The minimum absolute atomic E-state index is 0.263. The van der Waals surface area contributed by atoms with Gasteiger partial charge in [0.15, 0.2) is 0 Å². The molecule has 3 rings (SSSR count). The SMILES string of the molecule is COc1ccc(Cc2ccc(OC)c([C@H](N[S+]([O-])C(C)(C)C)c3ccc(C)cc3)c2)cc1.